The standard InChI is InChI=1S/C18H11ClF4N4O5/c19-11-3-1-9(5-14(11)27(30)31)8-32-10-2-4-13(12(20)6-10)25-16(28)7-15(18(21,22)23)26(24)17(25)29/h1-7H,8,24H2. The zero-order valence-electron chi connectivity index (χ0n) is 15.6. The van der Waals surface area contributed by atoms with Gasteiger partial charge in [-0.3, -0.25) is 14.9 Å². The van der Waals surface area contributed by atoms with Gasteiger partial charge in [0, 0.05) is 18.2 Å². The Kier molecular flexibility index (Phi) is 5.94. The summed E-state index contributed by atoms with van der Waals surface area (Å²) in [5, 5.41) is 10.8. The van der Waals surface area contributed by atoms with E-state index in [-0.39, 0.29) is 38.4 Å². The molecule has 3 aromatic rings. The number of nitrogens with zero attached hydrogens (tertiary/aromatic N) is 3. The average molecular weight is 475 g/mol. The van der Waals surface area contributed by atoms with Crippen LogP contribution >= 0.6 is 11.6 Å². The van der Waals surface area contributed by atoms with E-state index in [1.165, 1.54) is 18.2 Å². The van der Waals surface area contributed by atoms with Crippen molar-refractivity contribution in [2.75, 3.05) is 5.84 Å². The van der Waals surface area contributed by atoms with Crippen LogP contribution in [0, 0.1) is 15.9 Å². The predicted octanol–water partition coefficient (Wildman–Crippen LogP) is 3.01. The van der Waals surface area contributed by atoms with Gasteiger partial charge in [0.25, 0.3) is 11.2 Å². The van der Waals surface area contributed by atoms with Gasteiger partial charge in [-0.25, -0.2) is 18.4 Å². The van der Waals surface area contributed by atoms with Crippen LogP contribution in [0.15, 0.2) is 52.1 Å². The Morgan fingerprint density at radius 1 is 1.12 bits per heavy atom. The molecule has 0 amide bonds. The van der Waals surface area contributed by atoms with Gasteiger partial charge in [0.1, 0.15) is 17.4 Å². The van der Waals surface area contributed by atoms with Crippen LogP contribution in [0.5, 0.6) is 5.75 Å². The smallest absolute Gasteiger partial charge is 0.433 e. The molecule has 32 heavy (non-hydrogen) atoms. The second-order valence-electron chi connectivity index (χ2n) is 6.30. The van der Waals surface area contributed by atoms with E-state index < -0.39 is 39.5 Å². The van der Waals surface area contributed by atoms with Crippen molar-refractivity contribution in [1.29, 1.82) is 0 Å². The summed E-state index contributed by atoms with van der Waals surface area (Å²) in [6.45, 7) is -0.216. The summed E-state index contributed by atoms with van der Waals surface area (Å²) in [5.74, 6) is 3.88. The highest BCUT2D eigenvalue weighted by molar-refractivity contribution is 6.32. The van der Waals surface area contributed by atoms with Crippen molar-refractivity contribution in [2.24, 2.45) is 0 Å². The molecule has 168 valence electrons. The molecule has 0 atom stereocenters. The maximum absolute atomic E-state index is 14.6. The summed E-state index contributed by atoms with van der Waals surface area (Å²) in [7, 11) is 0. The van der Waals surface area contributed by atoms with Crippen molar-refractivity contribution in [3.63, 3.8) is 0 Å². The van der Waals surface area contributed by atoms with Gasteiger partial charge in [-0.15, -0.1) is 0 Å². The van der Waals surface area contributed by atoms with E-state index in [1.54, 1.807) is 0 Å². The van der Waals surface area contributed by atoms with E-state index in [2.05, 4.69) is 0 Å². The van der Waals surface area contributed by atoms with Crippen LogP contribution in [0.25, 0.3) is 5.69 Å². The summed E-state index contributed by atoms with van der Waals surface area (Å²) in [4.78, 5) is 34.4. The van der Waals surface area contributed by atoms with Gasteiger partial charge >= 0.3 is 11.9 Å². The van der Waals surface area contributed by atoms with Gasteiger partial charge in [0.05, 0.1) is 10.6 Å². The molecule has 0 spiro atoms. The Bertz CT molecular complexity index is 1340. The van der Waals surface area contributed by atoms with Crippen LogP contribution < -0.4 is 21.8 Å². The van der Waals surface area contributed by atoms with Gasteiger partial charge in [0.2, 0.25) is 0 Å². The summed E-state index contributed by atoms with van der Waals surface area (Å²) >= 11 is 5.72. The molecule has 0 aliphatic rings. The molecule has 9 nitrogen and oxygen atoms in total. The van der Waals surface area contributed by atoms with E-state index in [4.69, 9.17) is 22.2 Å². The second-order valence-corrected chi connectivity index (χ2v) is 6.71. The molecule has 2 aromatic carbocycles. The first kappa shape index (κ1) is 22.8. The van der Waals surface area contributed by atoms with E-state index >= 15 is 0 Å². The highest BCUT2D eigenvalue weighted by atomic mass is 35.5. The van der Waals surface area contributed by atoms with E-state index in [0.717, 1.165) is 18.2 Å². The molecule has 0 unspecified atom stereocenters. The number of rotatable bonds is 5. The topological polar surface area (TPSA) is 122 Å². The molecule has 0 fully saturated rings. The predicted molar refractivity (Wildman–Crippen MR) is 104 cm³/mol. The van der Waals surface area contributed by atoms with E-state index in [9.17, 15) is 37.3 Å². The Labute approximate surface area is 179 Å². The van der Waals surface area contributed by atoms with Gasteiger partial charge in [-0.2, -0.15) is 13.2 Å². The van der Waals surface area contributed by atoms with Crippen molar-refractivity contribution in [3.8, 4) is 11.4 Å². The fraction of sp³-hybridized carbons (Fsp3) is 0.111. The van der Waals surface area contributed by atoms with Crippen LogP contribution in [-0.2, 0) is 12.8 Å². The third kappa shape index (κ3) is 4.42. The number of nitrogens with two attached hydrogens (primary N) is 1. The molecular weight excluding hydrogens is 464 g/mol. The number of hydrogen-bond donors (Lipinski definition) is 1. The van der Waals surface area contributed by atoms with Gasteiger partial charge < -0.3 is 10.6 Å². The molecule has 0 aliphatic heterocycles. The molecular formula is C18H11ClF4N4O5. The molecule has 0 saturated heterocycles. The summed E-state index contributed by atoms with van der Waals surface area (Å²) in [6, 6.07) is 6.84. The first-order chi connectivity index (χ1) is 14.9. The molecule has 1 aromatic heterocycles. The minimum atomic E-state index is -5.07. The third-order valence-electron chi connectivity index (χ3n) is 4.20. The zero-order valence-corrected chi connectivity index (χ0v) is 16.4. The van der Waals surface area contributed by atoms with Crippen molar-refractivity contribution >= 4 is 17.3 Å². The number of aromatic nitrogens is 2. The molecule has 3 rings (SSSR count). The van der Waals surface area contributed by atoms with Crippen LogP contribution in [0.1, 0.15) is 11.3 Å². The highest BCUT2D eigenvalue weighted by Gasteiger charge is 2.36. The SMILES string of the molecule is Nn1c(C(F)(F)F)cc(=O)n(-c2ccc(OCc3ccc(Cl)c([N+](=O)[O-])c3)cc2F)c1=O. The first-order valence-corrected chi connectivity index (χ1v) is 8.85. The number of nitrogen functional groups attached to an aromatic ring is 1. The molecule has 1 heterocycles. The minimum absolute atomic E-state index is 0.0681. The van der Waals surface area contributed by atoms with Crippen LogP contribution in [0.4, 0.5) is 23.2 Å². The van der Waals surface area contributed by atoms with Crippen LogP contribution in [-0.4, -0.2) is 14.2 Å². The summed E-state index contributed by atoms with van der Waals surface area (Å²) in [6.07, 6.45) is -5.07. The fourth-order valence-corrected chi connectivity index (χ4v) is 2.90. The lowest BCUT2D eigenvalue weighted by molar-refractivity contribution is -0.384. The van der Waals surface area contributed by atoms with Crippen molar-refractivity contribution in [3.05, 3.63) is 95.5 Å². The average Bonchev–Trinajstić information content (AvgIpc) is 2.70. The molecule has 0 aliphatic carbocycles. The largest absolute Gasteiger partial charge is 0.489 e. The second kappa shape index (κ2) is 8.34. The van der Waals surface area contributed by atoms with Crippen molar-refractivity contribution < 1.29 is 27.2 Å². The Morgan fingerprint density at radius 3 is 2.41 bits per heavy atom. The lowest BCUT2D eigenvalue weighted by atomic mass is 10.2. The number of ether oxygens (including phenoxy) is 1. The quantitative estimate of drug-likeness (QED) is 0.262. The number of halogens is 5. The monoisotopic (exact) mass is 474 g/mol. The van der Waals surface area contributed by atoms with Crippen LogP contribution in [0.3, 0.4) is 0 Å². The number of nitro groups is 1. The molecule has 0 radical (unpaired) electrons. The third-order valence-corrected chi connectivity index (χ3v) is 4.52. The number of alkyl halides is 3. The molecule has 0 bridgehead atoms. The Hall–Kier alpha value is -3.87. The maximum Gasteiger partial charge on any atom is 0.433 e. The number of nitro benzene ring substituents is 1. The van der Waals surface area contributed by atoms with Crippen LogP contribution in [0.2, 0.25) is 5.02 Å². The lowest BCUT2D eigenvalue weighted by Crippen LogP contribution is -2.45. The van der Waals surface area contributed by atoms with Gasteiger partial charge in [0.15, 0.2) is 11.5 Å². The number of hydrogen-bond acceptors (Lipinski definition) is 6. The highest BCUT2D eigenvalue weighted by Crippen LogP contribution is 2.28. The van der Waals surface area contributed by atoms with E-state index in [0.29, 0.717) is 5.56 Å². The molecule has 14 heteroatoms. The van der Waals surface area contributed by atoms with Crippen molar-refractivity contribution in [1.82, 2.24) is 9.24 Å². The van der Waals surface area contributed by atoms with Gasteiger partial charge in [-0.05, 0) is 23.8 Å². The fourth-order valence-electron chi connectivity index (χ4n) is 2.71. The normalized spacial score (nSPS) is 11.4. The van der Waals surface area contributed by atoms with Crippen molar-refractivity contribution in [2.45, 2.75) is 12.8 Å². The molecule has 0 saturated carbocycles. The Balaban J connectivity index is 1.91. The Morgan fingerprint density at radius 2 is 1.81 bits per heavy atom. The summed E-state index contributed by atoms with van der Waals surface area (Å²) in [5.41, 5.74) is -5.40. The number of benzene rings is 2. The minimum Gasteiger partial charge on any atom is -0.489 e. The summed E-state index contributed by atoms with van der Waals surface area (Å²) < 4.78 is 58.3. The first-order valence-electron chi connectivity index (χ1n) is 8.47. The lowest BCUT2D eigenvalue weighted by Gasteiger charge is -2.14. The molecule has 2 N–H and O–H groups in total. The zero-order chi connectivity index (χ0) is 23.8. The van der Waals surface area contributed by atoms with Gasteiger partial charge in [-0.1, -0.05) is 17.7 Å². The maximum atomic E-state index is 14.6. The van der Waals surface area contributed by atoms with E-state index in [1.807, 2.05) is 0 Å².